The van der Waals surface area contributed by atoms with E-state index in [4.69, 9.17) is 9.47 Å². The Bertz CT molecular complexity index is 953. The lowest BCUT2D eigenvalue weighted by Gasteiger charge is -2.13. The topological polar surface area (TPSA) is 72.7 Å². The van der Waals surface area contributed by atoms with Crippen LogP contribution < -0.4 is 20.1 Å². The summed E-state index contributed by atoms with van der Waals surface area (Å²) in [5.41, 5.74) is 3.51. The first-order chi connectivity index (χ1) is 13.8. The monoisotopic (exact) mass is 377 g/mol. The van der Waals surface area contributed by atoms with Crippen molar-refractivity contribution in [3.05, 3.63) is 77.6 Å². The van der Waals surface area contributed by atoms with Gasteiger partial charge in [-0.2, -0.15) is 5.10 Å². The molecule has 7 nitrogen and oxygen atoms in total. The van der Waals surface area contributed by atoms with Gasteiger partial charge in [-0.05, 0) is 34.9 Å². The van der Waals surface area contributed by atoms with Crippen molar-refractivity contribution in [3.8, 4) is 11.5 Å². The minimum Gasteiger partial charge on any atom is -0.454 e. The zero-order valence-corrected chi connectivity index (χ0v) is 15.8. The Morgan fingerprint density at radius 3 is 2.57 bits per heavy atom. The number of aromatic nitrogens is 2. The molecule has 0 spiro atoms. The van der Waals surface area contributed by atoms with Crippen molar-refractivity contribution in [1.29, 1.82) is 0 Å². The fourth-order valence-electron chi connectivity index (χ4n) is 3.06. The summed E-state index contributed by atoms with van der Waals surface area (Å²) in [7, 11) is 1.77. The summed E-state index contributed by atoms with van der Waals surface area (Å²) in [5.74, 6) is 2.33. The van der Waals surface area contributed by atoms with Gasteiger partial charge in [0.2, 0.25) is 6.79 Å². The Hall–Kier alpha value is -3.48. The van der Waals surface area contributed by atoms with Crippen molar-refractivity contribution >= 4 is 5.96 Å². The Morgan fingerprint density at radius 2 is 1.79 bits per heavy atom. The van der Waals surface area contributed by atoms with E-state index in [1.54, 1.807) is 13.2 Å². The molecule has 1 aliphatic heterocycles. The van der Waals surface area contributed by atoms with Gasteiger partial charge in [0.1, 0.15) is 0 Å². The number of hydrogen-bond donors (Lipinski definition) is 2. The average Bonchev–Trinajstić information content (AvgIpc) is 3.40. The summed E-state index contributed by atoms with van der Waals surface area (Å²) in [5, 5.41) is 10.9. The van der Waals surface area contributed by atoms with Gasteiger partial charge in [0.05, 0.1) is 6.54 Å². The molecule has 0 amide bonds. The van der Waals surface area contributed by atoms with Crippen LogP contribution in [0.1, 0.15) is 16.7 Å². The van der Waals surface area contributed by atoms with E-state index in [1.807, 2.05) is 35.1 Å². The first-order valence-corrected chi connectivity index (χ1v) is 9.18. The number of benzene rings is 2. The molecule has 1 aliphatic rings. The van der Waals surface area contributed by atoms with E-state index in [0.29, 0.717) is 13.1 Å². The second-order valence-electron chi connectivity index (χ2n) is 6.49. The highest BCUT2D eigenvalue weighted by Gasteiger charge is 2.13. The van der Waals surface area contributed by atoms with Crippen LogP contribution in [0.25, 0.3) is 0 Å². The fraction of sp³-hybridized carbons (Fsp3) is 0.238. The minimum atomic E-state index is 0.287. The highest BCUT2D eigenvalue weighted by atomic mass is 16.7. The smallest absolute Gasteiger partial charge is 0.231 e. The van der Waals surface area contributed by atoms with E-state index < -0.39 is 0 Å². The van der Waals surface area contributed by atoms with Crippen LogP contribution in [0.3, 0.4) is 0 Å². The van der Waals surface area contributed by atoms with Crippen LogP contribution in [0.4, 0.5) is 0 Å². The van der Waals surface area contributed by atoms with E-state index in [1.165, 1.54) is 11.1 Å². The number of nitrogens with zero attached hydrogens (tertiary/aromatic N) is 3. The molecular formula is C21H23N5O2. The molecule has 1 aromatic heterocycles. The summed E-state index contributed by atoms with van der Waals surface area (Å²) in [6, 6.07) is 16.3. The Morgan fingerprint density at radius 1 is 1.00 bits per heavy atom. The summed E-state index contributed by atoms with van der Waals surface area (Å²) in [6.45, 7) is 2.39. The quantitative estimate of drug-likeness (QED) is 0.510. The molecule has 28 heavy (non-hydrogen) atoms. The maximum Gasteiger partial charge on any atom is 0.231 e. The summed E-state index contributed by atoms with van der Waals surface area (Å²) >= 11 is 0. The van der Waals surface area contributed by atoms with Crippen molar-refractivity contribution < 1.29 is 9.47 Å². The van der Waals surface area contributed by atoms with Crippen LogP contribution in [0, 0.1) is 0 Å². The molecule has 0 saturated heterocycles. The maximum absolute atomic E-state index is 5.42. The molecule has 0 radical (unpaired) electrons. The normalized spacial score (nSPS) is 12.8. The van der Waals surface area contributed by atoms with Crippen LogP contribution >= 0.6 is 0 Å². The summed E-state index contributed by atoms with van der Waals surface area (Å²) in [6.07, 6.45) is 3.76. The Balaban J connectivity index is 1.30. The van der Waals surface area contributed by atoms with Gasteiger partial charge < -0.3 is 20.1 Å². The van der Waals surface area contributed by atoms with Crippen molar-refractivity contribution in [1.82, 2.24) is 20.4 Å². The first-order valence-electron chi connectivity index (χ1n) is 9.18. The van der Waals surface area contributed by atoms with E-state index in [9.17, 15) is 0 Å². The molecule has 0 aliphatic carbocycles. The standard InChI is InChI=1S/C21H23N5O2/c1-22-21(24-13-17-6-7-19-20(11-17)28-15-27-19)23-12-16-4-2-5-18(10-16)14-26-9-3-8-25-26/h2-11H,12-15H2,1H3,(H2,22,23,24). The molecule has 3 aromatic rings. The van der Waals surface area contributed by atoms with E-state index in [-0.39, 0.29) is 6.79 Å². The molecule has 4 rings (SSSR count). The third-order valence-electron chi connectivity index (χ3n) is 4.48. The number of nitrogens with one attached hydrogen (secondary N) is 2. The van der Waals surface area contributed by atoms with E-state index >= 15 is 0 Å². The third-order valence-corrected chi connectivity index (χ3v) is 4.48. The highest BCUT2D eigenvalue weighted by molar-refractivity contribution is 5.79. The van der Waals surface area contributed by atoms with Gasteiger partial charge in [-0.3, -0.25) is 9.67 Å². The molecule has 2 heterocycles. The number of aliphatic imine (C=N–C) groups is 1. The molecule has 0 atom stereocenters. The number of rotatable bonds is 6. The van der Waals surface area contributed by atoms with Crippen LogP contribution in [0.5, 0.6) is 11.5 Å². The SMILES string of the molecule is CN=C(NCc1cccc(Cn2cccn2)c1)NCc1ccc2c(c1)OCO2. The number of hydrogen-bond acceptors (Lipinski definition) is 4. The molecule has 0 unspecified atom stereocenters. The average molecular weight is 377 g/mol. The largest absolute Gasteiger partial charge is 0.454 e. The zero-order chi connectivity index (χ0) is 19.2. The third kappa shape index (κ3) is 4.43. The summed E-state index contributed by atoms with van der Waals surface area (Å²) in [4.78, 5) is 4.30. The first kappa shape index (κ1) is 17.9. The zero-order valence-electron chi connectivity index (χ0n) is 15.8. The van der Waals surface area contributed by atoms with Crippen LogP contribution in [0.15, 0.2) is 65.9 Å². The van der Waals surface area contributed by atoms with Crippen LogP contribution in [-0.2, 0) is 19.6 Å². The predicted molar refractivity (Wildman–Crippen MR) is 107 cm³/mol. The number of guanidine groups is 1. The molecule has 144 valence electrons. The van der Waals surface area contributed by atoms with Gasteiger partial charge in [-0.1, -0.05) is 30.3 Å². The molecule has 7 heteroatoms. The second kappa shape index (κ2) is 8.47. The maximum atomic E-state index is 5.42. The Labute approximate surface area is 164 Å². The van der Waals surface area contributed by atoms with E-state index in [2.05, 4.69) is 45.0 Å². The van der Waals surface area contributed by atoms with Crippen LogP contribution in [-0.4, -0.2) is 29.6 Å². The van der Waals surface area contributed by atoms with Crippen LogP contribution in [0.2, 0.25) is 0 Å². The fourth-order valence-corrected chi connectivity index (χ4v) is 3.06. The molecule has 0 bridgehead atoms. The molecule has 0 saturated carbocycles. The number of ether oxygens (including phenoxy) is 2. The lowest BCUT2D eigenvalue weighted by molar-refractivity contribution is 0.174. The second-order valence-corrected chi connectivity index (χ2v) is 6.49. The van der Waals surface area contributed by atoms with Gasteiger partial charge >= 0.3 is 0 Å². The van der Waals surface area contributed by atoms with Crippen molar-refractivity contribution in [2.24, 2.45) is 4.99 Å². The van der Waals surface area contributed by atoms with Gasteiger partial charge in [0, 0.05) is 32.5 Å². The lowest BCUT2D eigenvalue weighted by atomic mass is 10.1. The molecule has 0 fully saturated rings. The van der Waals surface area contributed by atoms with Gasteiger partial charge in [-0.25, -0.2) is 0 Å². The summed E-state index contributed by atoms with van der Waals surface area (Å²) < 4.78 is 12.7. The van der Waals surface area contributed by atoms with Gasteiger partial charge in [-0.15, -0.1) is 0 Å². The minimum absolute atomic E-state index is 0.287. The van der Waals surface area contributed by atoms with Gasteiger partial charge in [0.25, 0.3) is 0 Å². The van der Waals surface area contributed by atoms with Gasteiger partial charge in [0.15, 0.2) is 17.5 Å². The lowest BCUT2D eigenvalue weighted by Crippen LogP contribution is -2.36. The predicted octanol–water partition coefficient (Wildman–Crippen LogP) is 2.53. The molecular weight excluding hydrogens is 354 g/mol. The molecule has 2 aromatic carbocycles. The number of fused-ring (bicyclic) bond motifs is 1. The molecule has 2 N–H and O–H groups in total. The van der Waals surface area contributed by atoms with Crippen molar-refractivity contribution in [2.45, 2.75) is 19.6 Å². The Kier molecular flexibility index (Phi) is 5.42. The van der Waals surface area contributed by atoms with Crippen molar-refractivity contribution in [3.63, 3.8) is 0 Å². The highest BCUT2D eigenvalue weighted by Crippen LogP contribution is 2.32. The van der Waals surface area contributed by atoms with Crippen molar-refractivity contribution in [2.75, 3.05) is 13.8 Å². The van der Waals surface area contributed by atoms with E-state index in [0.717, 1.165) is 29.6 Å².